The Morgan fingerprint density at radius 2 is 1.86 bits per heavy atom. The van der Waals surface area contributed by atoms with E-state index in [1.807, 2.05) is 24.0 Å². The number of hydrogen-bond acceptors (Lipinski definition) is 4. The number of ether oxygens (including phenoxy) is 2. The largest absolute Gasteiger partial charge is 0.493 e. The smallest absolute Gasteiger partial charge is 0.239 e. The predicted molar refractivity (Wildman–Crippen MR) is 84.2 cm³/mol. The molecule has 0 fully saturated rings. The van der Waals surface area contributed by atoms with Crippen LogP contribution in [0, 0.1) is 0 Å². The van der Waals surface area contributed by atoms with E-state index >= 15 is 0 Å². The summed E-state index contributed by atoms with van der Waals surface area (Å²) in [6, 6.07) is 3.54. The van der Waals surface area contributed by atoms with E-state index in [-0.39, 0.29) is 18.3 Å². The van der Waals surface area contributed by atoms with Crippen molar-refractivity contribution in [3.8, 4) is 11.5 Å². The van der Waals surface area contributed by atoms with Crippen LogP contribution in [0.2, 0.25) is 0 Å². The number of hydrogen-bond donors (Lipinski definition) is 1. The molecule has 1 aliphatic heterocycles. The van der Waals surface area contributed by atoms with Gasteiger partial charge in [0.05, 0.1) is 20.3 Å². The quantitative estimate of drug-likeness (QED) is 0.919. The summed E-state index contributed by atoms with van der Waals surface area (Å²) in [5.74, 6) is 1.45. The highest BCUT2D eigenvalue weighted by Crippen LogP contribution is 2.33. The van der Waals surface area contributed by atoms with E-state index in [1.54, 1.807) is 14.2 Å². The highest BCUT2D eigenvalue weighted by Gasteiger charge is 2.25. The summed E-state index contributed by atoms with van der Waals surface area (Å²) in [5, 5.41) is 0. The van der Waals surface area contributed by atoms with Crippen LogP contribution in [0.4, 0.5) is 0 Å². The average molecular weight is 315 g/mol. The molecule has 0 radical (unpaired) electrons. The van der Waals surface area contributed by atoms with Crippen LogP contribution >= 0.6 is 12.4 Å². The van der Waals surface area contributed by atoms with E-state index < -0.39 is 6.04 Å². The average Bonchev–Trinajstić information content (AvgIpc) is 2.51. The van der Waals surface area contributed by atoms with Crippen LogP contribution < -0.4 is 15.2 Å². The van der Waals surface area contributed by atoms with Gasteiger partial charge in [0.2, 0.25) is 5.91 Å². The van der Waals surface area contributed by atoms with Gasteiger partial charge in [0.25, 0.3) is 0 Å². The lowest BCUT2D eigenvalue weighted by molar-refractivity contribution is -0.133. The third-order valence-electron chi connectivity index (χ3n) is 3.79. The van der Waals surface area contributed by atoms with Gasteiger partial charge in [-0.05, 0) is 36.1 Å². The van der Waals surface area contributed by atoms with Gasteiger partial charge >= 0.3 is 0 Å². The minimum Gasteiger partial charge on any atom is -0.493 e. The maximum atomic E-state index is 12.2. The molecule has 2 rings (SSSR count). The van der Waals surface area contributed by atoms with Gasteiger partial charge in [-0.15, -0.1) is 12.4 Å². The van der Waals surface area contributed by atoms with E-state index in [4.69, 9.17) is 15.2 Å². The molecule has 0 saturated carbocycles. The minimum atomic E-state index is -0.406. The Kier molecular flexibility index (Phi) is 6.30. The summed E-state index contributed by atoms with van der Waals surface area (Å²) in [4.78, 5) is 14.0. The molecule has 1 atom stereocenters. The second-order valence-corrected chi connectivity index (χ2v) is 5.00. The number of halogens is 1. The SMILES string of the molecule is CC[C@H](N)C(=O)N1CCc2cc(OC)c(OC)cc2C1.Cl. The molecule has 0 unspecified atom stereocenters. The molecule has 0 saturated heterocycles. The number of methoxy groups -OCH3 is 2. The second kappa shape index (κ2) is 7.52. The van der Waals surface area contributed by atoms with E-state index in [9.17, 15) is 4.79 Å². The maximum Gasteiger partial charge on any atom is 0.239 e. The highest BCUT2D eigenvalue weighted by atomic mass is 35.5. The van der Waals surface area contributed by atoms with E-state index in [0.717, 1.165) is 17.7 Å². The van der Waals surface area contributed by atoms with Crippen LogP contribution in [0.1, 0.15) is 24.5 Å². The molecular formula is C15H23ClN2O3. The number of amides is 1. The number of rotatable bonds is 4. The molecule has 2 N–H and O–H groups in total. The molecule has 5 nitrogen and oxygen atoms in total. The number of carbonyl (C=O) groups is 1. The monoisotopic (exact) mass is 314 g/mol. The molecular weight excluding hydrogens is 292 g/mol. The molecule has 0 aliphatic carbocycles. The van der Waals surface area contributed by atoms with Gasteiger partial charge in [-0.3, -0.25) is 4.79 Å². The summed E-state index contributed by atoms with van der Waals surface area (Å²) in [5.41, 5.74) is 8.14. The summed E-state index contributed by atoms with van der Waals surface area (Å²) < 4.78 is 10.6. The lowest BCUT2D eigenvalue weighted by atomic mass is 9.98. The normalized spacial score (nSPS) is 14.8. The lowest BCUT2D eigenvalue weighted by Gasteiger charge is -2.31. The highest BCUT2D eigenvalue weighted by molar-refractivity contribution is 5.85. The zero-order valence-electron chi connectivity index (χ0n) is 12.7. The van der Waals surface area contributed by atoms with E-state index in [0.29, 0.717) is 25.3 Å². The predicted octanol–water partition coefficient (Wildman–Crippen LogP) is 1.75. The van der Waals surface area contributed by atoms with Gasteiger partial charge in [-0.1, -0.05) is 6.92 Å². The van der Waals surface area contributed by atoms with Crippen LogP contribution in [0.25, 0.3) is 0 Å². The van der Waals surface area contributed by atoms with Gasteiger partial charge < -0.3 is 20.1 Å². The van der Waals surface area contributed by atoms with Crippen molar-refractivity contribution in [2.45, 2.75) is 32.4 Å². The van der Waals surface area contributed by atoms with Crippen LogP contribution in [-0.4, -0.2) is 37.6 Å². The number of benzene rings is 1. The van der Waals surface area contributed by atoms with Gasteiger partial charge in [0.1, 0.15) is 0 Å². The molecule has 118 valence electrons. The Balaban J connectivity index is 0.00000220. The Morgan fingerprint density at radius 3 is 2.38 bits per heavy atom. The van der Waals surface area contributed by atoms with Gasteiger partial charge in [-0.25, -0.2) is 0 Å². The summed E-state index contributed by atoms with van der Waals surface area (Å²) in [6.07, 6.45) is 1.48. The first-order valence-electron chi connectivity index (χ1n) is 6.88. The van der Waals surface area contributed by atoms with Crippen molar-refractivity contribution in [2.75, 3.05) is 20.8 Å². The van der Waals surface area contributed by atoms with Crippen molar-refractivity contribution < 1.29 is 14.3 Å². The third kappa shape index (κ3) is 3.60. The molecule has 1 amide bonds. The van der Waals surface area contributed by atoms with Crippen LogP contribution in [0.3, 0.4) is 0 Å². The molecule has 0 aromatic heterocycles. The van der Waals surface area contributed by atoms with Crippen molar-refractivity contribution in [1.82, 2.24) is 4.90 Å². The van der Waals surface area contributed by atoms with Crippen molar-refractivity contribution in [2.24, 2.45) is 5.73 Å². The van der Waals surface area contributed by atoms with Gasteiger partial charge in [0.15, 0.2) is 11.5 Å². The zero-order chi connectivity index (χ0) is 14.7. The number of carbonyl (C=O) groups excluding carboxylic acids is 1. The zero-order valence-corrected chi connectivity index (χ0v) is 13.5. The van der Waals surface area contributed by atoms with Crippen LogP contribution in [0.5, 0.6) is 11.5 Å². The molecule has 0 spiro atoms. The fraction of sp³-hybridized carbons (Fsp3) is 0.533. The lowest BCUT2D eigenvalue weighted by Crippen LogP contribution is -2.45. The third-order valence-corrected chi connectivity index (χ3v) is 3.79. The number of fused-ring (bicyclic) bond motifs is 1. The first-order valence-corrected chi connectivity index (χ1v) is 6.88. The van der Waals surface area contributed by atoms with Gasteiger partial charge in [-0.2, -0.15) is 0 Å². The molecule has 0 bridgehead atoms. The molecule has 1 aromatic carbocycles. The van der Waals surface area contributed by atoms with Gasteiger partial charge in [0, 0.05) is 13.1 Å². The Hall–Kier alpha value is -1.46. The van der Waals surface area contributed by atoms with Crippen LogP contribution in [0.15, 0.2) is 12.1 Å². The Labute approximate surface area is 131 Å². The molecule has 21 heavy (non-hydrogen) atoms. The summed E-state index contributed by atoms with van der Waals surface area (Å²) in [6.45, 7) is 3.21. The molecule has 1 heterocycles. The first-order chi connectivity index (χ1) is 9.60. The topological polar surface area (TPSA) is 64.8 Å². The Morgan fingerprint density at radius 1 is 1.29 bits per heavy atom. The molecule has 1 aromatic rings. The summed E-state index contributed by atoms with van der Waals surface area (Å²) >= 11 is 0. The number of nitrogens with zero attached hydrogens (tertiary/aromatic N) is 1. The molecule has 1 aliphatic rings. The second-order valence-electron chi connectivity index (χ2n) is 5.00. The first kappa shape index (κ1) is 17.6. The Bertz CT molecular complexity index is 508. The van der Waals surface area contributed by atoms with Crippen molar-refractivity contribution >= 4 is 18.3 Å². The fourth-order valence-electron chi connectivity index (χ4n) is 2.48. The standard InChI is InChI=1S/C15H22N2O3.ClH/c1-4-12(16)15(18)17-6-5-10-7-13(19-2)14(20-3)8-11(10)9-17;/h7-8,12H,4-6,9,16H2,1-3H3;1H/t12-;/m0./s1. The summed E-state index contributed by atoms with van der Waals surface area (Å²) in [7, 11) is 3.24. The van der Waals surface area contributed by atoms with E-state index in [1.165, 1.54) is 5.56 Å². The van der Waals surface area contributed by atoms with Crippen molar-refractivity contribution in [3.63, 3.8) is 0 Å². The van der Waals surface area contributed by atoms with Crippen molar-refractivity contribution in [3.05, 3.63) is 23.3 Å². The van der Waals surface area contributed by atoms with E-state index in [2.05, 4.69) is 0 Å². The van der Waals surface area contributed by atoms with Crippen LogP contribution in [-0.2, 0) is 17.8 Å². The minimum absolute atomic E-state index is 0. The van der Waals surface area contributed by atoms with Crippen molar-refractivity contribution in [1.29, 1.82) is 0 Å². The fourth-order valence-corrected chi connectivity index (χ4v) is 2.48. The molecule has 6 heteroatoms. The number of nitrogens with two attached hydrogens (primary N) is 1. The maximum absolute atomic E-state index is 12.2.